The van der Waals surface area contributed by atoms with Crippen LogP contribution in [0.1, 0.15) is 120 Å². The number of halogens is 1. The van der Waals surface area contributed by atoms with E-state index in [-0.39, 0.29) is 11.2 Å². The van der Waals surface area contributed by atoms with Gasteiger partial charge in [0.1, 0.15) is 5.83 Å². The zero-order valence-corrected chi connectivity index (χ0v) is 20.5. The fourth-order valence-electron chi connectivity index (χ4n) is 5.70. The Labute approximate surface area is 196 Å². The Morgan fingerprint density at radius 2 is 1.22 bits per heavy atom. The summed E-state index contributed by atoms with van der Waals surface area (Å²) in [6.45, 7) is 8.14. The van der Waals surface area contributed by atoms with Gasteiger partial charge in [0.2, 0.25) is 0 Å². The molecule has 0 aromatic heterocycles. The summed E-state index contributed by atoms with van der Waals surface area (Å²) in [6, 6.07) is 15.1. The Morgan fingerprint density at radius 1 is 0.688 bits per heavy atom. The molecule has 0 saturated carbocycles. The van der Waals surface area contributed by atoms with Crippen molar-refractivity contribution >= 4 is 5.83 Å². The molecular formula is C31H43F. The molecule has 0 unspecified atom stereocenters. The third-order valence-corrected chi connectivity index (χ3v) is 7.50. The van der Waals surface area contributed by atoms with Gasteiger partial charge in [0, 0.05) is 11.0 Å². The van der Waals surface area contributed by atoms with Crippen molar-refractivity contribution in [3.8, 4) is 11.1 Å². The van der Waals surface area contributed by atoms with E-state index in [2.05, 4.69) is 56.8 Å². The van der Waals surface area contributed by atoms with Gasteiger partial charge in [-0.25, -0.2) is 4.39 Å². The van der Waals surface area contributed by atoms with Crippen LogP contribution < -0.4 is 0 Å². The van der Waals surface area contributed by atoms with Gasteiger partial charge in [-0.1, -0.05) is 134 Å². The summed E-state index contributed by atoms with van der Waals surface area (Å²) in [7, 11) is 0. The Hall–Kier alpha value is -1.89. The summed E-state index contributed by atoms with van der Waals surface area (Å²) < 4.78 is 14.1. The van der Waals surface area contributed by atoms with Gasteiger partial charge in [-0.15, -0.1) is 0 Å². The summed E-state index contributed by atoms with van der Waals surface area (Å²) in [6.07, 6.45) is 18.0. The lowest BCUT2D eigenvalue weighted by Crippen LogP contribution is -2.25. The maximum atomic E-state index is 14.1. The van der Waals surface area contributed by atoms with Crippen molar-refractivity contribution in [2.45, 2.75) is 109 Å². The number of unbranched alkanes of at least 4 members (excludes halogenated alkanes) is 10. The first-order chi connectivity index (χ1) is 15.6. The molecule has 0 atom stereocenters. The van der Waals surface area contributed by atoms with Gasteiger partial charge in [0.05, 0.1) is 0 Å². The first kappa shape index (κ1) is 24.7. The molecule has 0 bridgehead atoms. The Bertz CT molecular complexity index is 847. The van der Waals surface area contributed by atoms with Crippen LogP contribution in [-0.4, -0.2) is 0 Å². The first-order valence-corrected chi connectivity index (χ1v) is 13.2. The molecule has 0 amide bonds. The lowest BCUT2D eigenvalue weighted by Gasteiger charge is -2.33. The molecule has 0 aliphatic heterocycles. The molecule has 1 aliphatic rings. The van der Waals surface area contributed by atoms with Crippen molar-refractivity contribution in [1.29, 1.82) is 0 Å². The predicted molar refractivity (Wildman–Crippen MR) is 139 cm³/mol. The lowest BCUT2D eigenvalue weighted by atomic mass is 9.70. The minimum Gasteiger partial charge on any atom is -0.207 e. The van der Waals surface area contributed by atoms with Crippen LogP contribution >= 0.6 is 0 Å². The van der Waals surface area contributed by atoms with E-state index in [9.17, 15) is 4.39 Å². The Morgan fingerprint density at radius 3 is 1.81 bits per heavy atom. The number of fused-ring (bicyclic) bond motifs is 3. The predicted octanol–water partition coefficient (Wildman–Crippen LogP) is 10.4. The van der Waals surface area contributed by atoms with Crippen LogP contribution in [0.4, 0.5) is 4.39 Å². The van der Waals surface area contributed by atoms with Crippen LogP contribution in [0.15, 0.2) is 49.0 Å². The molecule has 0 spiro atoms. The third-order valence-electron chi connectivity index (χ3n) is 7.50. The van der Waals surface area contributed by atoms with Crippen LogP contribution in [0.3, 0.4) is 0 Å². The number of benzene rings is 2. The molecule has 32 heavy (non-hydrogen) atoms. The number of rotatable bonds is 15. The van der Waals surface area contributed by atoms with Crippen LogP contribution in [0.5, 0.6) is 0 Å². The van der Waals surface area contributed by atoms with Gasteiger partial charge in [-0.2, -0.15) is 0 Å². The number of hydrogen-bond donors (Lipinski definition) is 0. The van der Waals surface area contributed by atoms with E-state index < -0.39 is 0 Å². The molecule has 3 rings (SSSR count). The molecule has 0 N–H and O–H groups in total. The van der Waals surface area contributed by atoms with Crippen LogP contribution in [0.25, 0.3) is 17.0 Å². The average molecular weight is 435 g/mol. The van der Waals surface area contributed by atoms with Crippen molar-refractivity contribution in [2.24, 2.45) is 0 Å². The molecule has 2 aromatic carbocycles. The van der Waals surface area contributed by atoms with E-state index in [0.29, 0.717) is 5.56 Å². The van der Waals surface area contributed by atoms with E-state index in [1.54, 1.807) is 0 Å². The Kier molecular flexibility index (Phi) is 9.57. The van der Waals surface area contributed by atoms with Gasteiger partial charge >= 0.3 is 0 Å². The second kappa shape index (κ2) is 12.4. The van der Waals surface area contributed by atoms with E-state index >= 15 is 0 Å². The minimum absolute atomic E-state index is 0.0207. The Balaban J connectivity index is 1.87. The second-order valence-electron chi connectivity index (χ2n) is 9.83. The molecule has 0 nitrogen and oxygen atoms in total. The zero-order valence-electron chi connectivity index (χ0n) is 20.5. The molecular weight excluding hydrogens is 391 g/mol. The van der Waals surface area contributed by atoms with Gasteiger partial charge in [-0.05, 0) is 41.2 Å². The van der Waals surface area contributed by atoms with Gasteiger partial charge < -0.3 is 0 Å². The highest BCUT2D eigenvalue weighted by molar-refractivity contribution is 5.82. The molecule has 174 valence electrons. The van der Waals surface area contributed by atoms with E-state index in [4.69, 9.17) is 0 Å². The molecule has 2 aromatic rings. The van der Waals surface area contributed by atoms with Crippen LogP contribution in [-0.2, 0) is 5.41 Å². The monoisotopic (exact) mass is 434 g/mol. The highest BCUT2D eigenvalue weighted by Gasteiger charge is 2.42. The zero-order chi connectivity index (χ0) is 22.8. The summed E-state index contributed by atoms with van der Waals surface area (Å²) in [4.78, 5) is 0. The van der Waals surface area contributed by atoms with Crippen LogP contribution in [0.2, 0.25) is 0 Å². The highest BCUT2D eigenvalue weighted by atomic mass is 19.1. The van der Waals surface area contributed by atoms with E-state index in [1.165, 1.54) is 112 Å². The fraction of sp³-hybridized carbons (Fsp3) is 0.548. The van der Waals surface area contributed by atoms with E-state index in [1.807, 2.05) is 6.07 Å². The van der Waals surface area contributed by atoms with Crippen molar-refractivity contribution in [2.75, 3.05) is 0 Å². The summed E-state index contributed by atoms with van der Waals surface area (Å²) in [5.41, 5.74) is 6.15. The quantitative estimate of drug-likeness (QED) is 0.244. The minimum atomic E-state index is -0.322. The summed E-state index contributed by atoms with van der Waals surface area (Å²) in [5.74, 6) is -0.322. The molecule has 0 saturated heterocycles. The van der Waals surface area contributed by atoms with Crippen LogP contribution in [0, 0.1) is 0 Å². The second-order valence-corrected chi connectivity index (χ2v) is 9.83. The normalized spacial score (nSPS) is 13.7. The maximum absolute atomic E-state index is 14.1. The topological polar surface area (TPSA) is 0 Å². The molecule has 0 heterocycles. The van der Waals surface area contributed by atoms with E-state index in [0.717, 1.165) is 0 Å². The summed E-state index contributed by atoms with van der Waals surface area (Å²) >= 11 is 0. The molecule has 1 aliphatic carbocycles. The van der Waals surface area contributed by atoms with Crippen molar-refractivity contribution < 1.29 is 4.39 Å². The largest absolute Gasteiger partial charge is 0.207 e. The molecule has 0 radical (unpaired) electrons. The van der Waals surface area contributed by atoms with Crippen molar-refractivity contribution in [3.05, 3.63) is 65.7 Å². The third kappa shape index (κ3) is 5.72. The van der Waals surface area contributed by atoms with Crippen molar-refractivity contribution in [3.63, 3.8) is 0 Å². The highest BCUT2D eigenvalue weighted by Crippen LogP contribution is 2.54. The fourth-order valence-corrected chi connectivity index (χ4v) is 5.70. The lowest BCUT2D eigenvalue weighted by molar-refractivity contribution is 0.397. The maximum Gasteiger partial charge on any atom is 0.123 e. The van der Waals surface area contributed by atoms with Crippen molar-refractivity contribution in [1.82, 2.24) is 0 Å². The average Bonchev–Trinajstić information content (AvgIpc) is 3.08. The molecule has 1 heteroatoms. The molecule has 0 fully saturated rings. The van der Waals surface area contributed by atoms with Gasteiger partial charge in [0.25, 0.3) is 0 Å². The van der Waals surface area contributed by atoms with Gasteiger partial charge in [-0.3, -0.25) is 0 Å². The summed E-state index contributed by atoms with van der Waals surface area (Å²) in [5, 5.41) is 0. The number of hydrogen-bond acceptors (Lipinski definition) is 0. The first-order valence-electron chi connectivity index (χ1n) is 13.2. The standard InChI is InChI=1S/C31H43F/c1-4-6-8-10-12-16-22-31(23-17-13-11-9-7-5-2)29-19-15-14-18-27(29)28-21-20-26(25(3)32)24-30(28)31/h14-15,18-21,24H,3-13,16-17,22-23H2,1-2H3. The van der Waals surface area contributed by atoms with Gasteiger partial charge in [0.15, 0.2) is 0 Å². The smallest absolute Gasteiger partial charge is 0.123 e. The SMILES string of the molecule is C=C(F)c1ccc2c(c1)C(CCCCCCCC)(CCCCCCCC)c1ccccc1-2.